The van der Waals surface area contributed by atoms with Crippen molar-refractivity contribution >= 4 is 23.4 Å². The summed E-state index contributed by atoms with van der Waals surface area (Å²) in [5, 5.41) is 12.1. The SMILES string of the molecule is COc1ccc(NC(=O)CSc2nnc(-c3ccncc3)n2-n2cccc2)cc1. The third-order valence-electron chi connectivity index (χ3n) is 4.08. The highest BCUT2D eigenvalue weighted by Crippen LogP contribution is 2.24. The van der Waals surface area contributed by atoms with Crippen molar-refractivity contribution in [2.75, 3.05) is 18.2 Å². The first kappa shape index (κ1) is 18.8. The van der Waals surface area contributed by atoms with Crippen LogP contribution in [0.15, 0.2) is 78.5 Å². The van der Waals surface area contributed by atoms with E-state index >= 15 is 0 Å². The van der Waals surface area contributed by atoms with Gasteiger partial charge >= 0.3 is 0 Å². The Balaban J connectivity index is 1.51. The molecular weight excluding hydrogens is 388 g/mol. The van der Waals surface area contributed by atoms with Crippen LogP contribution in [-0.4, -0.2) is 43.3 Å². The number of methoxy groups -OCH3 is 1. The molecule has 0 unspecified atom stereocenters. The van der Waals surface area contributed by atoms with Gasteiger partial charge in [-0.2, -0.15) is 0 Å². The number of carbonyl (C=O) groups is 1. The Labute approximate surface area is 171 Å². The summed E-state index contributed by atoms with van der Waals surface area (Å²) in [6, 6.07) is 14.8. The summed E-state index contributed by atoms with van der Waals surface area (Å²) in [6.07, 6.45) is 7.21. The molecule has 0 fully saturated rings. The van der Waals surface area contributed by atoms with E-state index in [4.69, 9.17) is 4.74 Å². The average Bonchev–Trinajstić information content (AvgIpc) is 3.43. The molecule has 0 aliphatic heterocycles. The minimum absolute atomic E-state index is 0.132. The molecular formula is C20H18N6O2S. The molecule has 0 saturated carbocycles. The van der Waals surface area contributed by atoms with E-state index in [9.17, 15) is 4.79 Å². The molecule has 0 aliphatic rings. The zero-order chi connectivity index (χ0) is 20.1. The van der Waals surface area contributed by atoms with Gasteiger partial charge in [0.2, 0.25) is 11.1 Å². The van der Waals surface area contributed by atoms with E-state index in [1.54, 1.807) is 43.8 Å². The lowest BCUT2D eigenvalue weighted by atomic mass is 10.2. The number of pyridine rings is 1. The summed E-state index contributed by atoms with van der Waals surface area (Å²) in [5.74, 6) is 1.47. The molecule has 0 aliphatic carbocycles. The normalized spacial score (nSPS) is 10.7. The smallest absolute Gasteiger partial charge is 0.234 e. The van der Waals surface area contributed by atoms with Gasteiger partial charge < -0.3 is 10.1 Å². The summed E-state index contributed by atoms with van der Waals surface area (Å²) in [5.41, 5.74) is 1.59. The van der Waals surface area contributed by atoms with Crippen molar-refractivity contribution < 1.29 is 9.53 Å². The maximum atomic E-state index is 12.4. The topological polar surface area (TPSA) is 86.9 Å². The van der Waals surface area contributed by atoms with Crippen molar-refractivity contribution in [3.63, 3.8) is 0 Å². The fourth-order valence-electron chi connectivity index (χ4n) is 2.70. The Bertz CT molecular complexity index is 1080. The maximum absolute atomic E-state index is 12.4. The molecule has 0 radical (unpaired) electrons. The second kappa shape index (κ2) is 8.61. The van der Waals surface area contributed by atoms with E-state index in [1.807, 2.05) is 46.0 Å². The third-order valence-corrected chi connectivity index (χ3v) is 5.00. The highest BCUT2D eigenvalue weighted by Gasteiger charge is 2.17. The fourth-order valence-corrected chi connectivity index (χ4v) is 3.44. The molecule has 0 saturated heterocycles. The van der Waals surface area contributed by atoms with Gasteiger partial charge in [0.15, 0.2) is 5.82 Å². The van der Waals surface area contributed by atoms with Crippen molar-refractivity contribution in [3.05, 3.63) is 73.3 Å². The summed E-state index contributed by atoms with van der Waals surface area (Å²) < 4.78 is 8.86. The Morgan fingerprint density at radius 2 is 1.79 bits per heavy atom. The Hall–Kier alpha value is -3.59. The highest BCUT2D eigenvalue weighted by atomic mass is 32.2. The van der Waals surface area contributed by atoms with Crippen LogP contribution in [0.1, 0.15) is 0 Å². The molecule has 1 amide bonds. The largest absolute Gasteiger partial charge is 0.497 e. The maximum Gasteiger partial charge on any atom is 0.234 e. The molecule has 1 aromatic carbocycles. The van der Waals surface area contributed by atoms with E-state index in [0.717, 1.165) is 11.3 Å². The second-order valence-electron chi connectivity index (χ2n) is 5.98. The van der Waals surface area contributed by atoms with Crippen LogP contribution in [0.2, 0.25) is 0 Å². The first-order chi connectivity index (χ1) is 14.2. The molecule has 3 aromatic heterocycles. The Morgan fingerprint density at radius 1 is 1.07 bits per heavy atom. The van der Waals surface area contributed by atoms with Crippen LogP contribution >= 0.6 is 11.8 Å². The van der Waals surface area contributed by atoms with Gasteiger partial charge in [-0.3, -0.25) is 14.5 Å². The lowest BCUT2D eigenvalue weighted by Gasteiger charge is -2.11. The van der Waals surface area contributed by atoms with E-state index in [0.29, 0.717) is 16.7 Å². The van der Waals surface area contributed by atoms with Crippen LogP contribution in [0.25, 0.3) is 11.4 Å². The first-order valence-electron chi connectivity index (χ1n) is 8.81. The number of nitrogens with zero attached hydrogens (tertiary/aromatic N) is 5. The Kier molecular flexibility index (Phi) is 5.57. The number of aromatic nitrogens is 5. The average molecular weight is 406 g/mol. The van der Waals surface area contributed by atoms with Gasteiger partial charge in [0.05, 0.1) is 12.9 Å². The van der Waals surface area contributed by atoms with E-state index in [1.165, 1.54) is 11.8 Å². The minimum Gasteiger partial charge on any atom is -0.497 e. The molecule has 4 aromatic rings. The van der Waals surface area contributed by atoms with Crippen molar-refractivity contribution in [1.82, 2.24) is 24.5 Å². The van der Waals surface area contributed by atoms with Gasteiger partial charge in [0.1, 0.15) is 5.75 Å². The number of ether oxygens (including phenoxy) is 1. The number of amides is 1. The molecule has 146 valence electrons. The molecule has 0 spiro atoms. The zero-order valence-electron chi connectivity index (χ0n) is 15.6. The van der Waals surface area contributed by atoms with Gasteiger partial charge in [-0.25, -0.2) is 4.68 Å². The summed E-state index contributed by atoms with van der Waals surface area (Å²) in [7, 11) is 1.60. The summed E-state index contributed by atoms with van der Waals surface area (Å²) >= 11 is 1.31. The zero-order valence-corrected chi connectivity index (χ0v) is 16.4. The van der Waals surface area contributed by atoms with Crippen LogP contribution < -0.4 is 10.1 Å². The number of hydrogen-bond donors (Lipinski definition) is 1. The monoisotopic (exact) mass is 406 g/mol. The first-order valence-corrected chi connectivity index (χ1v) is 9.79. The predicted molar refractivity (Wildman–Crippen MR) is 111 cm³/mol. The third kappa shape index (κ3) is 4.30. The fraction of sp³-hybridized carbons (Fsp3) is 0.100. The van der Waals surface area contributed by atoms with E-state index in [2.05, 4.69) is 20.5 Å². The predicted octanol–water partition coefficient (Wildman–Crippen LogP) is 3.19. The molecule has 9 heteroatoms. The van der Waals surface area contributed by atoms with Gasteiger partial charge in [-0.05, 0) is 48.5 Å². The molecule has 0 bridgehead atoms. The number of benzene rings is 1. The number of thioether (sulfide) groups is 1. The van der Waals surface area contributed by atoms with Gasteiger partial charge in [-0.15, -0.1) is 10.2 Å². The standard InChI is InChI=1S/C20H18N6O2S/c1-28-17-6-4-16(5-7-17)22-18(27)14-29-20-24-23-19(15-8-10-21-11-9-15)26(20)25-12-2-3-13-25/h2-13H,14H2,1H3,(H,22,27). The van der Waals surface area contributed by atoms with Crippen molar-refractivity contribution in [1.29, 1.82) is 0 Å². The van der Waals surface area contributed by atoms with Gasteiger partial charge in [0.25, 0.3) is 0 Å². The van der Waals surface area contributed by atoms with Gasteiger partial charge in [-0.1, -0.05) is 11.8 Å². The number of hydrogen-bond acceptors (Lipinski definition) is 6. The van der Waals surface area contributed by atoms with Crippen molar-refractivity contribution in [2.24, 2.45) is 0 Å². The molecule has 4 rings (SSSR count). The quantitative estimate of drug-likeness (QED) is 0.474. The van der Waals surface area contributed by atoms with Crippen molar-refractivity contribution in [2.45, 2.75) is 5.16 Å². The second-order valence-corrected chi connectivity index (χ2v) is 6.92. The molecule has 29 heavy (non-hydrogen) atoms. The lowest BCUT2D eigenvalue weighted by Crippen LogP contribution is -2.15. The molecule has 3 heterocycles. The van der Waals surface area contributed by atoms with Crippen LogP contribution in [0.3, 0.4) is 0 Å². The van der Waals surface area contributed by atoms with E-state index in [-0.39, 0.29) is 11.7 Å². The molecule has 1 N–H and O–H groups in total. The highest BCUT2D eigenvalue weighted by molar-refractivity contribution is 7.99. The Morgan fingerprint density at radius 3 is 2.48 bits per heavy atom. The van der Waals surface area contributed by atoms with Crippen LogP contribution in [0.5, 0.6) is 5.75 Å². The van der Waals surface area contributed by atoms with Crippen LogP contribution in [0.4, 0.5) is 5.69 Å². The summed E-state index contributed by atoms with van der Waals surface area (Å²) in [4.78, 5) is 16.4. The lowest BCUT2D eigenvalue weighted by molar-refractivity contribution is -0.113. The number of nitrogens with one attached hydrogen (secondary N) is 1. The van der Waals surface area contributed by atoms with Crippen molar-refractivity contribution in [3.8, 4) is 17.1 Å². The van der Waals surface area contributed by atoms with E-state index < -0.39 is 0 Å². The summed E-state index contributed by atoms with van der Waals surface area (Å²) in [6.45, 7) is 0. The molecule has 0 atom stereocenters. The molecule has 8 nitrogen and oxygen atoms in total. The number of anilines is 1. The van der Waals surface area contributed by atoms with Crippen LogP contribution in [0, 0.1) is 0 Å². The van der Waals surface area contributed by atoms with Crippen LogP contribution in [-0.2, 0) is 4.79 Å². The number of carbonyl (C=O) groups excluding carboxylic acids is 1. The van der Waals surface area contributed by atoms with Gasteiger partial charge in [0, 0.05) is 36.0 Å². The minimum atomic E-state index is -0.132. The number of rotatable bonds is 7.